The number of benzene rings is 2. The molecule has 0 unspecified atom stereocenters. The van der Waals surface area contributed by atoms with Gasteiger partial charge in [-0.15, -0.1) is 0 Å². The van der Waals surface area contributed by atoms with Crippen LogP contribution in [0.3, 0.4) is 0 Å². The van der Waals surface area contributed by atoms with Gasteiger partial charge in [0.15, 0.2) is 11.7 Å². The molecule has 1 aromatic heterocycles. The molecular formula is C18H12BrN3O2. The Morgan fingerprint density at radius 3 is 2.83 bits per heavy atom. The number of aromatic nitrogens is 1. The minimum Gasteiger partial charge on any atom is -0.494 e. The number of halogens is 1. The van der Waals surface area contributed by atoms with E-state index in [4.69, 9.17) is 5.41 Å². The van der Waals surface area contributed by atoms with E-state index in [2.05, 4.69) is 25.9 Å². The first-order valence-electron chi connectivity index (χ1n) is 7.30. The van der Waals surface area contributed by atoms with Gasteiger partial charge >= 0.3 is 0 Å². The molecule has 0 bridgehead atoms. The van der Waals surface area contributed by atoms with Crippen molar-refractivity contribution < 1.29 is 9.90 Å². The Kier molecular flexibility index (Phi) is 3.18. The molecule has 1 aliphatic rings. The van der Waals surface area contributed by atoms with Crippen LogP contribution in [-0.2, 0) is 0 Å². The van der Waals surface area contributed by atoms with Crippen LogP contribution < -0.4 is 0 Å². The van der Waals surface area contributed by atoms with Crippen LogP contribution in [0.25, 0.3) is 10.9 Å². The van der Waals surface area contributed by atoms with Crippen molar-refractivity contribution in [1.82, 2.24) is 4.98 Å². The maximum absolute atomic E-state index is 11.6. The van der Waals surface area contributed by atoms with Crippen molar-refractivity contribution in [3.05, 3.63) is 57.6 Å². The van der Waals surface area contributed by atoms with Gasteiger partial charge in [0.1, 0.15) is 5.71 Å². The number of nitrogens with zero attached hydrogens (tertiary/aromatic N) is 1. The number of rotatable bonds is 2. The zero-order valence-corrected chi connectivity index (χ0v) is 14.2. The minimum atomic E-state index is -0.0575. The fourth-order valence-corrected chi connectivity index (χ4v) is 3.41. The summed E-state index contributed by atoms with van der Waals surface area (Å²) in [6, 6.07) is 10.7. The second kappa shape index (κ2) is 5.14. The van der Waals surface area contributed by atoms with Crippen LogP contribution in [0.15, 0.2) is 45.9 Å². The second-order valence-corrected chi connectivity index (χ2v) is 6.49. The Bertz CT molecular complexity index is 1080. The van der Waals surface area contributed by atoms with Gasteiger partial charge < -0.3 is 10.1 Å². The number of fused-ring (bicyclic) bond motifs is 2. The Hall–Kier alpha value is -2.73. The molecule has 0 amide bonds. The Morgan fingerprint density at radius 2 is 2.08 bits per heavy atom. The molecule has 0 atom stereocenters. The standard InChI is InChI=1S/C18H12BrN3O2/c1-8(23)9-5-6-13-11(7-9)15(20)17(21-13)14-10-3-2-4-12(19)16(10)22-18(14)24/h2-7,20,22,24H,1H3. The number of carbonyl (C=O) groups excluding carboxylic acids is 1. The summed E-state index contributed by atoms with van der Waals surface area (Å²) in [7, 11) is 0. The van der Waals surface area contributed by atoms with Crippen LogP contribution in [-0.4, -0.2) is 27.3 Å². The maximum atomic E-state index is 11.6. The quantitative estimate of drug-likeness (QED) is 0.576. The van der Waals surface area contributed by atoms with Gasteiger partial charge in [0.25, 0.3) is 0 Å². The number of aromatic amines is 1. The van der Waals surface area contributed by atoms with Gasteiger partial charge in [-0.2, -0.15) is 0 Å². The van der Waals surface area contributed by atoms with E-state index < -0.39 is 0 Å². The third-order valence-electron chi connectivity index (χ3n) is 4.14. The molecule has 3 aromatic rings. The van der Waals surface area contributed by atoms with Gasteiger partial charge in [0.05, 0.1) is 22.5 Å². The molecule has 2 heterocycles. The number of Topliss-reactive ketones (excluding diaryl/α,β-unsaturated/α-hetero) is 1. The normalized spacial score (nSPS) is 13.2. The van der Waals surface area contributed by atoms with Crippen LogP contribution in [0, 0.1) is 5.41 Å². The van der Waals surface area contributed by atoms with Gasteiger partial charge in [-0.3, -0.25) is 10.2 Å². The molecule has 5 nitrogen and oxygen atoms in total. The summed E-state index contributed by atoms with van der Waals surface area (Å²) in [6.45, 7) is 1.49. The topological polar surface area (TPSA) is 89.3 Å². The summed E-state index contributed by atoms with van der Waals surface area (Å²) in [5.41, 5.74) is 3.61. The first kappa shape index (κ1) is 14.8. The molecule has 0 aliphatic carbocycles. The van der Waals surface area contributed by atoms with Crippen LogP contribution in [0.1, 0.15) is 28.4 Å². The van der Waals surface area contributed by atoms with Crippen molar-refractivity contribution in [2.75, 3.05) is 0 Å². The molecule has 3 N–H and O–H groups in total. The molecule has 2 aromatic carbocycles. The Labute approximate surface area is 145 Å². The van der Waals surface area contributed by atoms with Gasteiger partial charge in [-0.05, 0) is 47.1 Å². The minimum absolute atomic E-state index is 0.0278. The molecule has 4 rings (SSSR count). The predicted octanol–water partition coefficient (Wildman–Crippen LogP) is 4.34. The zero-order valence-electron chi connectivity index (χ0n) is 12.6. The van der Waals surface area contributed by atoms with Gasteiger partial charge in [0.2, 0.25) is 0 Å². The Balaban J connectivity index is 1.91. The number of nitrogens with one attached hydrogen (secondary N) is 2. The van der Waals surface area contributed by atoms with E-state index >= 15 is 0 Å². The number of H-pyrrole nitrogens is 1. The van der Waals surface area contributed by atoms with Crippen LogP contribution in [0.4, 0.5) is 5.69 Å². The molecule has 0 fully saturated rings. The summed E-state index contributed by atoms with van der Waals surface area (Å²) in [5, 5.41) is 19.6. The highest BCUT2D eigenvalue weighted by atomic mass is 79.9. The van der Waals surface area contributed by atoms with Gasteiger partial charge in [-0.25, -0.2) is 4.99 Å². The lowest BCUT2D eigenvalue weighted by Gasteiger charge is -2.03. The number of hydrogen-bond donors (Lipinski definition) is 3. The first-order valence-corrected chi connectivity index (χ1v) is 8.09. The predicted molar refractivity (Wildman–Crippen MR) is 97.1 cm³/mol. The summed E-state index contributed by atoms with van der Waals surface area (Å²) in [6.07, 6.45) is 0. The number of para-hydroxylation sites is 1. The van der Waals surface area contributed by atoms with E-state index in [0.29, 0.717) is 28.1 Å². The largest absolute Gasteiger partial charge is 0.494 e. The number of hydrogen-bond acceptors (Lipinski definition) is 4. The fourth-order valence-electron chi connectivity index (χ4n) is 2.95. The highest BCUT2D eigenvalue weighted by molar-refractivity contribution is 9.10. The average molecular weight is 382 g/mol. The lowest BCUT2D eigenvalue weighted by atomic mass is 9.99. The number of aliphatic imine (C=N–C) groups is 1. The smallest absolute Gasteiger partial charge is 0.199 e. The lowest BCUT2D eigenvalue weighted by molar-refractivity contribution is 0.101. The molecular weight excluding hydrogens is 370 g/mol. The Morgan fingerprint density at radius 1 is 1.29 bits per heavy atom. The average Bonchev–Trinajstić information content (AvgIpc) is 3.05. The number of carbonyl (C=O) groups is 1. The first-order chi connectivity index (χ1) is 11.5. The maximum Gasteiger partial charge on any atom is 0.199 e. The number of aromatic hydroxyl groups is 1. The molecule has 6 heteroatoms. The summed E-state index contributed by atoms with van der Waals surface area (Å²) >= 11 is 3.45. The fraction of sp³-hybridized carbons (Fsp3) is 0.0556. The van der Waals surface area contributed by atoms with E-state index in [9.17, 15) is 9.90 Å². The molecule has 24 heavy (non-hydrogen) atoms. The van der Waals surface area contributed by atoms with Crippen molar-refractivity contribution in [2.45, 2.75) is 6.92 Å². The molecule has 1 aliphatic heterocycles. The van der Waals surface area contributed by atoms with E-state index in [1.807, 2.05) is 18.2 Å². The van der Waals surface area contributed by atoms with Crippen molar-refractivity contribution >= 4 is 49.7 Å². The third kappa shape index (κ3) is 2.03. The summed E-state index contributed by atoms with van der Waals surface area (Å²) < 4.78 is 0.822. The second-order valence-electron chi connectivity index (χ2n) is 5.63. The SMILES string of the molecule is CC(=O)c1ccc2c(c1)C(=N)C(c1c(O)[nH]c3c(Br)cccc13)=N2. The van der Waals surface area contributed by atoms with Gasteiger partial charge in [0, 0.05) is 21.0 Å². The monoisotopic (exact) mass is 381 g/mol. The van der Waals surface area contributed by atoms with Crippen molar-refractivity contribution in [3.63, 3.8) is 0 Å². The van der Waals surface area contributed by atoms with Crippen molar-refractivity contribution in [1.29, 1.82) is 5.41 Å². The van der Waals surface area contributed by atoms with E-state index in [-0.39, 0.29) is 17.4 Å². The highest BCUT2D eigenvalue weighted by Gasteiger charge is 2.28. The lowest BCUT2D eigenvalue weighted by Crippen LogP contribution is -2.11. The van der Waals surface area contributed by atoms with Crippen LogP contribution in [0.5, 0.6) is 5.88 Å². The van der Waals surface area contributed by atoms with E-state index in [0.717, 1.165) is 15.4 Å². The summed E-state index contributed by atoms with van der Waals surface area (Å²) in [4.78, 5) is 19.0. The third-order valence-corrected chi connectivity index (χ3v) is 4.80. The van der Waals surface area contributed by atoms with E-state index in [1.165, 1.54) is 6.92 Å². The zero-order chi connectivity index (χ0) is 17.0. The molecule has 0 spiro atoms. The van der Waals surface area contributed by atoms with Crippen molar-refractivity contribution in [2.24, 2.45) is 4.99 Å². The van der Waals surface area contributed by atoms with E-state index in [1.54, 1.807) is 18.2 Å². The van der Waals surface area contributed by atoms with Crippen LogP contribution >= 0.6 is 15.9 Å². The highest BCUT2D eigenvalue weighted by Crippen LogP contribution is 2.37. The molecule has 0 radical (unpaired) electrons. The van der Waals surface area contributed by atoms with Crippen LogP contribution in [0.2, 0.25) is 0 Å². The number of ketones is 1. The molecule has 0 saturated heterocycles. The van der Waals surface area contributed by atoms with Gasteiger partial charge in [-0.1, -0.05) is 12.1 Å². The summed E-state index contributed by atoms with van der Waals surface area (Å²) in [5.74, 6) is -0.0853. The molecule has 118 valence electrons. The van der Waals surface area contributed by atoms with Crippen molar-refractivity contribution in [3.8, 4) is 5.88 Å². The molecule has 0 saturated carbocycles.